The van der Waals surface area contributed by atoms with Crippen molar-refractivity contribution in [3.8, 4) is 0 Å². The number of aryl methyl sites for hydroxylation is 2. The van der Waals surface area contributed by atoms with Crippen molar-refractivity contribution in [1.82, 2.24) is 14.9 Å². The lowest BCUT2D eigenvalue weighted by Crippen LogP contribution is -2.36. The van der Waals surface area contributed by atoms with Gasteiger partial charge in [0.15, 0.2) is 0 Å². The Bertz CT molecular complexity index is 998. The minimum Gasteiger partial charge on any atom is -0.379 e. The molecule has 3 aromatic rings. The topological polar surface area (TPSA) is 50.3 Å². The number of rotatable bonds is 5. The highest BCUT2D eigenvalue weighted by Gasteiger charge is 2.22. The van der Waals surface area contributed by atoms with Crippen LogP contribution in [0.15, 0.2) is 24.3 Å². The molecule has 3 heterocycles. The standard InChI is InChI=1S/C22H25ClN4OS/c23-16-7-5-15(6-8-16)13-24-21-20-17-3-1-2-4-18(17)29-22(20)26-19(25-21)14-27-9-11-28-12-10-27/h5-8H,1-4,9-14H2,(H,24,25,26). The number of morpholine rings is 1. The monoisotopic (exact) mass is 428 g/mol. The number of benzene rings is 1. The van der Waals surface area contributed by atoms with Crippen LogP contribution in [0.1, 0.15) is 34.7 Å². The lowest BCUT2D eigenvalue weighted by atomic mass is 9.97. The molecule has 1 aromatic carbocycles. The average molecular weight is 429 g/mol. The minimum atomic E-state index is 0.727. The summed E-state index contributed by atoms with van der Waals surface area (Å²) in [7, 11) is 0. The van der Waals surface area contributed by atoms with Crippen molar-refractivity contribution < 1.29 is 4.74 Å². The van der Waals surface area contributed by atoms with E-state index in [1.54, 1.807) is 0 Å². The van der Waals surface area contributed by atoms with E-state index in [-0.39, 0.29) is 0 Å². The number of anilines is 1. The highest BCUT2D eigenvalue weighted by Crippen LogP contribution is 2.38. The van der Waals surface area contributed by atoms with Crippen molar-refractivity contribution in [1.29, 1.82) is 0 Å². The summed E-state index contributed by atoms with van der Waals surface area (Å²) in [5.41, 5.74) is 2.66. The third kappa shape index (κ3) is 4.26. The van der Waals surface area contributed by atoms with Gasteiger partial charge in [0, 0.05) is 29.5 Å². The van der Waals surface area contributed by atoms with Gasteiger partial charge in [0.05, 0.1) is 25.1 Å². The number of nitrogens with zero attached hydrogens (tertiary/aromatic N) is 3. The summed E-state index contributed by atoms with van der Waals surface area (Å²) in [6.45, 7) is 4.96. The third-order valence-electron chi connectivity index (χ3n) is 5.70. The summed E-state index contributed by atoms with van der Waals surface area (Å²) in [6, 6.07) is 7.99. The lowest BCUT2D eigenvalue weighted by Gasteiger charge is -2.25. The maximum Gasteiger partial charge on any atom is 0.146 e. The van der Waals surface area contributed by atoms with Gasteiger partial charge in [-0.25, -0.2) is 9.97 Å². The summed E-state index contributed by atoms with van der Waals surface area (Å²) in [5, 5.41) is 5.61. The molecule has 2 aliphatic rings. The Hall–Kier alpha value is -1.73. The van der Waals surface area contributed by atoms with Crippen LogP contribution in [0.2, 0.25) is 5.02 Å². The number of nitrogens with one attached hydrogen (secondary N) is 1. The zero-order chi connectivity index (χ0) is 19.6. The third-order valence-corrected chi connectivity index (χ3v) is 7.14. The van der Waals surface area contributed by atoms with Gasteiger partial charge >= 0.3 is 0 Å². The second kappa shape index (κ2) is 8.56. The zero-order valence-corrected chi connectivity index (χ0v) is 18.0. The summed E-state index contributed by atoms with van der Waals surface area (Å²) >= 11 is 7.89. The minimum absolute atomic E-state index is 0.727. The molecule has 0 bridgehead atoms. The smallest absolute Gasteiger partial charge is 0.146 e. The average Bonchev–Trinajstić information content (AvgIpc) is 3.12. The van der Waals surface area contributed by atoms with Gasteiger partial charge in [-0.15, -0.1) is 11.3 Å². The summed E-state index contributed by atoms with van der Waals surface area (Å²) in [4.78, 5) is 15.0. The van der Waals surface area contributed by atoms with E-state index < -0.39 is 0 Å². The van der Waals surface area contributed by atoms with Crippen LogP contribution in [0.4, 0.5) is 5.82 Å². The van der Waals surface area contributed by atoms with Gasteiger partial charge in [-0.3, -0.25) is 4.90 Å². The first-order valence-corrected chi connectivity index (χ1v) is 11.6. The Balaban J connectivity index is 1.47. The maximum absolute atomic E-state index is 6.03. The fourth-order valence-corrected chi connectivity index (χ4v) is 5.55. The molecule has 0 spiro atoms. The Kier molecular flexibility index (Phi) is 5.68. The van der Waals surface area contributed by atoms with Crippen LogP contribution in [-0.4, -0.2) is 41.2 Å². The van der Waals surface area contributed by atoms with Gasteiger partial charge in [0.1, 0.15) is 16.5 Å². The lowest BCUT2D eigenvalue weighted by molar-refractivity contribution is 0.0331. The quantitative estimate of drug-likeness (QED) is 0.640. The predicted octanol–water partition coefficient (Wildman–Crippen LogP) is 4.67. The first kappa shape index (κ1) is 19.2. The van der Waals surface area contributed by atoms with Crippen molar-refractivity contribution in [3.63, 3.8) is 0 Å². The molecule has 7 heteroatoms. The number of thiophene rings is 1. The molecule has 5 rings (SSSR count). The number of aromatic nitrogens is 2. The van der Waals surface area contributed by atoms with Crippen LogP contribution in [0.5, 0.6) is 0 Å². The van der Waals surface area contributed by atoms with Gasteiger partial charge in [0.2, 0.25) is 0 Å². The second-order valence-corrected chi connectivity index (χ2v) is 9.27. The second-order valence-electron chi connectivity index (χ2n) is 7.75. The predicted molar refractivity (Wildman–Crippen MR) is 119 cm³/mol. The molecule has 1 aliphatic heterocycles. The van der Waals surface area contributed by atoms with E-state index in [1.807, 2.05) is 23.5 Å². The molecular weight excluding hydrogens is 404 g/mol. The van der Waals surface area contributed by atoms with Gasteiger partial charge in [-0.1, -0.05) is 23.7 Å². The zero-order valence-electron chi connectivity index (χ0n) is 16.4. The van der Waals surface area contributed by atoms with Crippen LogP contribution in [0.25, 0.3) is 10.2 Å². The molecule has 2 aromatic heterocycles. The number of fused-ring (bicyclic) bond motifs is 3. The Morgan fingerprint density at radius 2 is 1.86 bits per heavy atom. The molecule has 1 saturated heterocycles. The molecular formula is C22H25ClN4OS. The van der Waals surface area contributed by atoms with E-state index in [4.69, 9.17) is 26.3 Å². The summed E-state index contributed by atoms with van der Waals surface area (Å²) < 4.78 is 5.48. The van der Waals surface area contributed by atoms with E-state index >= 15 is 0 Å². The molecule has 0 saturated carbocycles. The number of hydrogen-bond donors (Lipinski definition) is 1. The van der Waals surface area contributed by atoms with E-state index in [2.05, 4.69) is 22.3 Å². The van der Waals surface area contributed by atoms with Crippen molar-refractivity contribution in [2.45, 2.75) is 38.8 Å². The van der Waals surface area contributed by atoms with Crippen LogP contribution in [0.3, 0.4) is 0 Å². The summed E-state index contributed by atoms with van der Waals surface area (Å²) in [5.74, 6) is 1.88. The van der Waals surface area contributed by atoms with Crippen molar-refractivity contribution in [2.24, 2.45) is 0 Å². The van der Waals surface area contributed by atoms with Crippen LogP contribution >= 0.6 is 22.9 Å². The molecule has 1 aliphatic carbocycles. The van der Waals surface area contributed by atoms with Crippen LogP contribution in [-0.2, 0) is 30.7 Å². The van der Waals surface area contributed by atoms with E-state index in [9.17, 15) is 0 Å². The Labute approximate surface area is 180 Å². The molecule has 0 amide bonds. The van der Waals surface area contributed by atoms with Crippen molar-refractivity contribution >= 4 is 39.0 Å². The van der Waals surface area contributed by atoms with Crippen LogP contribution in [0, 0.1) is 0 Å². The molecule has 5 nitrogen and oxygen atoms in total. The number of hydrogen-bond acceptors (Lipinski definition) is 6. The fourth-order valence-electron chi connectivity index (χ4n) is 4.15. The van der Waals surface area contributed by atoms with Gasteiger partial charge in [-0.2, -0.15) is 0 Å². The van der Waals surface area contributed by atoms with Crippen molar-refractivity contribution in [2.75, 3.05) is 31.6 Å². The Morgan fingerprint density at radius 1 is 1.07 bits per heavy atom. The van der Waals surface area contributed by atoms with Crippen LogP contribution < -0.4 is 5.32 Å². The number of halogens is 1. The normalized spacial score (nSPS) is 17.4. The molecule has 0 radical (unpaired) electrons. The first-order chi connectivity index (χ1) is 14.3. The van der Waals surface area contributed by atoms with Gasteiger partial charge in [0.25, 0.3) is 0 Å². The SMILES string of the molecule is Clc1ccc(CNc2nc(CN3CCOCC3)nc3sc4c(c23)CCCC4)cc1. The Morgan fingerprint density at radius 3 is 2.69 bits per heavy atom. The summed E-state index contributed by atoms with van der Waals surface area (Å²) in [6.07, 6.45) is 4.84. The highest BCUT2D eigenvalue weighted by molar-refractivity contribution is 7.19. The molecule has 152 valence electrons. The van der Waals surface area contributed by atoms with Crippen molar-refractivity contribution in [3.05, 3.63) is 51.1 Å². The molecule has 1 fully saturated rings. The largest absolute Gasteiger partial charge is 0.379 e. The van der Waals surface area contributed by atoms with E-state index in [0.717, 1.165) is 67.3 Å². The van der Waals surface area contributed by atoms with E-state index in [0.29, 0.717) is 0 Å². The molecule has 1 N–H and O–H groups in total. The molecule has 0 atom stereocenters. The maximum atomic E-state index is 6.03. The fraction of sp³-hybridized carbons (Fsp3) is 0.455. The molecule has 29 heavy (non-hydrogen) atoms. The highest BCUT2D eigenvalue weighted by atomic mass is 35.5. The van der Waals surface area contributed by atoms with E-state index in [1.165, 1.54) is 40.7 Å². The number of ether oxygens (including phenoxy) is 1. The molecule has 0 unspecified atom stereocenters. The van der Waals surface area contributed by atoms with Gasteiger partial charge < -0.3 is 10.1 Å². The van der Waals surface area contributed by atoms with Gasteiger partial charge in [-0.05, 0) is 48.9 Å². The first-order valence-electron chi connectivity index (χ1n) is 10.4.